The molecule has 0 heterocycles. The molecule has 0 spiro atoms. The summed E-state index contributed by atoms with van der Waals surface area (Å²) in [5.41, 5.74) is 0. The van der Waals surface area contributed by atoms with Gasteiger partial charge in [0.15, 0.2) is 0 Å². The van der Waals surface area contributed by atoms with Crippen LogP contribution < -0.4 is 0 Å². The number of hydrogen-bond acceptors (Lipinski definition) is 0. The Balaban J connectivity index is 0. The molecule has 158 valence electrons. The Kier molecular flexibility index (Phi) is 29.1. The van der Waals surface area contributed by atoms with Crippen molar-refractivity contribution in [3.8, 4) is 0 Å². The van der Waals surface area contributed by atoms with E-state index in [0.29, 0.717) is 7.92 Å². The van der Waals surface area contributed by atoms with Crippen LogP contribution >= 0.6 is 7.92 Å². The Labute approximate surface area is 179 Å². The van der Waals surface area contributed by atoms with Gasteiger partial charge in [-0.05, 0) is 37.7 Å². The molecule has 0 unspecified atom stereocenters. The Morgan fingerprint density at radius 1 is 0.346 bits per heavy atom. The fraction of sp³-hybridized carbons (Fsp3) is 1.00. The van der Waals surface area contributed by atoms with E-state index in [1.54, 1.807) is 18.5 Å². The van der Waals surface area contributed by atoms with Gasteiger partial charge in [0.05, 0.1) is 0 Å². The van der Waals surface area contributed by atoms with Crippen LogP contribution in [0.3, 0.4) is 0 Å². The predicted octanol–water partition coefficient (Wildman–Crippen LogP) is 9.17. The molecule has 0 amide bonds. The normalized spacial score (nSPS) is 11.1. The second-order valence-electron chi connectivity index (χ2n) is 8.14. The van der Waals surface area contributed by atoms with E-state index in [9.17, 15) is 0 Å². The molecule has 0 N–H and O–H groups in total. The molecule has 0 aromatic carbocycles. The molecule has 0 atom stereocenters. The van der Waals surface area contributed by atoms with Gasteiger partial charge in [0.2, 0.25) is 0 Å². The minimum atomic E-state index is 0. The first kappa shape index (κ1) is 29.2. The topological polar surface area (TPSA) is 0 Å². The van der Waals surface area contributed by atoms with Crippen molar-refractivity contribution in [1.82, 2.24) is 0 Å². The van der Waals surface area contributed by atoms with Gasteiger partial charge in [-0.2, -0.15) is 0 Å². The third-order valence-corrected chi connectivity index (χ3v) is 8.33. The van der Waals surface area contributed by atoms with Crippen LogP contribution in [0, 0.1) is 0 Å². The zero-order valence-electron chi connectivity index (χ0n) is 18.7. The molecule has 0 rings (SSSR count). The number of rotatable bonds is 21. The molecular weight excluding hydrogens is 398 g/mol. The number of unbranched alkanes of at least 4 members (excludes halogenated alkanes) is 15. The van der Waals surface area contributed by atoms with Crippen LogP contribution in [0.2, 0.25) is 0 Å². The summed E-state index contributed by atoms with van der Waals surface area (Å²) in [6.45, 7) is 6.96. The van der Waals surface area contributed by atoms with Crippen LogP contribution in [-0.2, 0) is 0 Å². The van der Waals surface area contributed by atoms with E-state index in [0.717, 1.165) is 0 Å². The second kappa shape index (κ2) is 25.9. The van der Waals surface area contributed by atoms with E-state index in [1.165, 1.54) is 116 Å². The monoisotopic (exact) mass is 450 g/mol. The van der Waals surface area contributed by atoms with Crippen molar-refractivity contribution in [3.63, 3.8) is 0 Å². The smallest absolute Gasteiger partial charge is 0 e. The van der Waals surface area contributed by atoms with Crippen LogP contribution in [0.25, 0.3) is 0 Å². The second-order valence-corrected chi connectivity index (χ2v) is 10.8. The molecule has 2 heteroatoms. The van der Waals surface area contributed by atoms with Gasteiger partial charge in [0, 0.05) is 17.1 Å². The van der Waals surface area contributed by atoms with Gasteiger partial charge in [-0.1, -0.05) is 117 Å². The Morgan fingerprint density at radius 3 is 0.846 bits per heavy atom. The first-order chi connectivity index (χ1) is 12.3. The molecule has 0 aliphatic heterocycles. The maximum atomic E-state index is 2.32. The summed E-state index contributed by atoms with van der Waals surface area (Å²) in [7, 11) is 0.366. The van der Waals surface area contributed by atoms with Crippen molar-refractivity contribution in [2.75, 3.05) is 18.5 Å². The fourth-order valence-corrected chi connectivity index (χ4v) is 6.37. The van der Waals surface area contributed by atoms with Gasteiger partial charge in [-0.15, -0.1) is 7.92 Å². The van der Waals surface area contributed by atoms with Gasteiger partial charge < -0.3 is 0 Å². The fourth-order valence-electron chi connectivity index (χ4n) is 3.68. The van der Waals surface area contributed by atoms with Crippen LogP contribution in [0.4, 0.5) is 0 Å². The molecule has 26 heavy (non-hydrogen) atoms. The van der Waals surface area contributed by atoms with E-state index in [-0.39, 0.29) is 17.1 Å². The van der Waals surface area contributed by atoms with Gasteiger partial charge >= 0.3 is 0 Å². The molecule has 0 saturated heterocycles. The summed E-state index contributed by atoms with van der Waals surface area (Å²) >= 11 is 0. The average molecular weight is 450 g/mol. The van der Waals surface area contributed by atoms with E-state index in [2.05, 4.69) is 20.8 Å². The molecular formula is C24H51PSe. The van der Waals surface area contributed by atoms with Gasteiger partial charge in [0.1, 0.15) is 0 Å². The average Bonchev–Trinajstić information content (AvgIpc) is 2.63. The molecule has 0 aromatic rings. The summed E-state index contributed by atoms with van der Waals surface area (Å²) < 4.78 is 0. The van der Waals surface area contributed by atoms with E-state index >= 15 is 0 Å². The summed E-state index contributed by atoms with van der Waals surface area (Å²) in [6, 6.07) is 0. The summed E-state index contributed by atoms with van der Waals surface area (Å²) in [4.78, 5) is 0. The zero-order valence-corrected chi connectivity index (χ0v) is 21.3. The minimum Gasteiger partial charge on any atom is -0.107 e. The number of hydrogen-bond donors (Lipinski definition) is 0. The predicted molar refractivity (Wildman–Crippen MR) is 127 cm³/mol. The molecule has 0 aliphatic rings. The van der Waals surface area contributed by atoms with Crippen LogP contribution in [0.15, 0.2) is 0 Å². The molecule has 0 aliphatic carbocycles. The summed E-state index contributed by atoms with van der Waals surface area (Å²) in [5, 5.41) is 0. The zero-order chi connectivity index (χ0) is 18.4. The Morgan fingerprint density at radius 2 is 0.577 bits per heavy atom. The first-order valence-electron chi connectivity index (χ1n) is 12.1. The quantitative estimate of drug-likeness (QED) is 0.0931. The standard InChI is InChI=1S/C24H51P.Se/c1-4-7-10-13-16-19-22-25(23-20-17-14-11-8-5-2)24-21-18-15-12-9-6-3;/h4-24H2,1-3H3;. The SMILES string of the molecule is CCCCCCCCP(CCCCCCCC)CCCCCCCC.[Se]. The van der Waals surface area contributed by atoms with Crippen molar-refractivity contribution in [2.45, 2.75) is 136 Å². The van der Waals surface area contributed by atoms with Gasteiger partial charge in [-0.3, -0.25) is 0 Å². The van der Waals surface area contributed by atoms with Crippen molar-refractivity contribution in [2.24, 2.45) is 0 Å². The largest absolute Gasteiger partial charge is 0.107 e. The van der Waals surface area contributed by atoms with Crippen LogP contribution in [-0.4, -0.2) is 35.6 Å². The van der Waals surface area contributed by atoms with Crippen LogP contribution in [0.5, 0.6) is 0 Å². The third kappa shape index (κ3) is 23.0. The summed E-state index contributed by atoms with van der Waals surface area (Å²) in [5.74, 6) is 0. The maximum absolute atomic E-state index is 2.32. The maximum Gasteiger partial charge on any atom is 0 e. The van der Waals surface area contributed by atoms with Gasteiger partial charge in [-0.25, -0.2) is 0 Å². The van der Waals surface area contributed by atoms with Crippen molar-refractivity contribution < 1.29 is 0 Å². The molecule has 0 aromatic heterocycles. The third-order valence-electron chi connectivity index (χ3n) is 5.48. The molecule has 0 saturated carbocycles. The molecule has 0 bridgehead atoms. The molecule has 0 fully saturated rings. The van der Waals surface area contributed by atoms with Crippen molar-refractivity contribution >= 4 is 25.0 Å². The van der Waals surface area contributed by atoms with Crippen molar-refractivity contribution in [3.05, 3.63) is 0 Å². The van der Waals surface area contributed by atoms with Crippen LogP contribution in [0.1, 0.15) is 136 Å². The Hall–Kier alpha value is 0.949. The summed E-state index contributed by atoms with van der Waals surface area (Å²) in [6.07, 6.45) is 31.2. The van der Waals surface area contributed by atoms with Crippen molar-refractivity contribution in [1.29, 1.82) is 0 Å². The molecule has 2 radical (unpaired) electrons. The molecule has 0 nitrogen and oxygen atoms in total. The minimum absolute atomic E-state index is 0. The van der Waals surface area contributed by atoms with E-state index in [4.69, 9.17) is 0 Å². The first-order valence-corrected chi connectivity index (χ1v) is 14.0. The van der Waals surface area contributed by atoms with E-state index < -0.39 is 0 Å². The van der Waals surface area contributed by atoms with Gasteiger partial charge in [0.25, 0.3) is 0 Å². The van der Waals surface area contributed by atoms with E-state index in [1.807, 2.05) is 0 Å². The Bertz CT molecular complexity index is 194.